The smallest absolute Gasteiger partial charge is 0.266 e. The number of hydrogen-bond donors (Lipinski definition) is 1. The number of ether oxygens (including phenoxy) is 1. The predicted molar refractivity (Wildman–Crippen MR) is 128 cm³/mol. The van der Waals surface area contributed by atoms with Gasteiger partial charge in [-0.3, -0.25) is 14.1 Å². The number of para-hydroxylation sites is 3. The summed E-state index contributed by atoms with van der Waals surface area (Å²) in [5.74, 6) is 0.789. The van der Waals surface area contributed by atoms with Crippen molar-refractivity contribution in [2.75, 3.05) is 18.1 Å². The largest absolute Gasteiger partial charge is 0.495 e. The molecular weight excluding hydrogens is 426 g/mol. The summed E-state index contributed by atoms with van der Waals surface area (Å²) in [5, 5.41) is 0.509. The molecule has 0 radical (unpaired) electrons. The first-order valence-corrected chi connectivity index (χ1v) is 11.7. The number of nitrogens with zero attached hydrogens (tertiary/aromatic N) is 2. The van der Waals surface area contributed by atoms with Crippen molar-refractivity contribution in [1.82, 2.24) is 9.55 Å². The maximum absolute atomic E-state index is 13.3. The second-order valence-corrected chi connectivity index (χ2v) is 8.84. The molecule has 3 aromatic carbocycles. The molecule has 0 spiro atoms. The first-order valence-electron chi connectivity index (χ1n) is 9.77. The highest BCUT2D eigenvalue weighted by Crippen LogP contribution is 2.30. The Kier molecular flexibility index (Phi) is 5.79. The summed E-state index contributed by atoms with van der Waals surface area (Å²) in [7, 11) is -2.07. The molecule has 0 atom stereocenters. The monoisotopic (exact) mass is 447 g/mol. The van der Waals surface area contributed by atoms with Crippen molar-refractivity contribution in [3.05, 3.63) is 94.5 Å². The summed E-state index contributed by atoms with van der Waals surface area (Å²) in [4.78, 5) is 18.0. The van der Waals surface area contributed by atoms with Gasteiger partial charge in [0.05, 0.1) is 35.6 Å². The molecule has 0 aliphatic heterocycles. The fourth-order valence-electron chi connectivity index (χ4n) is 3.40. The van der Waals surface area contributed by atoms with Crippen molar-refractivity contribution in [2.45, 2.75) is 0 Å². The Labute approximate surface area is 185 Å². The number of hydrogen-bond acceptors (Lipinski definition) is 5. The van der Waals surface area contributed by atoms with Crippen LogP contribution in [0.25, 0.3) is 28.7 Å². The van der Waals surface area contributed by atoms with Crippen molar-refractivity contribution < 1.29 is 13.2 Å². The minimum absolute atomic E-state index is 0.193. The predicted octanol–water partition coefficient (Wildman–Crippen LogP) is 3.94. The number of fused-ring (bicyclic) bond motifs is 1. The highest BCUT2D eigenvalue weighted by molar-refractivity contribution is 7.92. The summed E-state index contributed by atoms with van der Waals surface area (Å²) in [6.45, 7) is 0. The lowest BCUT2D eigenvalue weighted by Gasteiger charge is -2.13. The van der Waals surface area contributed by atoms with Crippen LogP contribution in [0.4, 0.5) is 5.69 Å². The molecule has 162 valence electrons. The zero-order chi connectivity index (χ0) is 22.7. The molecule has 32 heavy (non-hydrogen) atoms. The third kappa shape index (κ3) is 4.40. The van der Waals surface area contributed by atoms with Crippen LogP contribution >= 0.6 is 0 Å². The van der Waals surface area contributed by atoms with Gasteiger partial charge in [-0.1, -0.05) is 42.5 Å². The molecule has 1 N–H and O–H groups in total. The first-order chi connectivity index (χ1) is 15.4. The van der Waals surface area contributed by atoms with E-state index in [-0.39, 0.29) is 5.56 Å². The van der Waals surface area contributed by atoms with E-state index in [9.17, 15) is 13.2 Å². The highest BCUT2D eigenvalue weighted by atomic mass is 32.2. The van der Waals surface area contributed by atoms with Gasteiger partial charge in [0.1, 0.15) is 11.6 Å². The molecule has 0 unspecified atom stereocenters. The van der Waals surface area contributed by atoms with E-state index in [1.807, 2.05) is 36.4 Å². The van der Waals surface area contributed by atoms with E-state index in [0.29, 0.717) is 39.4 Å². The van der Waals surface area contributed by atoms with Crippen LogP contribution in [0.1, 0.15) is 11.4 Å². The molecule has 0 fully saturated rings. The van der Waals surface area contributed by atoms with E-state index in [1.165, 1.54) is 11.7 Å². The van der Waals surface area contributed by atoms with Gasteiger partial charge < -0.3 is 4.74 Å². The van der Waals surface area contributed by atoms with Crippen LogP contribution in [-0.4, -0.2) is 31.3 Å². The van der Waals surface area contributed by atoms with Crippen LogP contribution in [0.3, 0.4) is 0 Å². The first kappa shape index (κ1) is 21.3. The zero-order valence-electron chi connectivity index (χ0n) is 17.5. The molecule has 0 aliphatic carbocycles. The lowest BCUT2D eigenvalue weighted by atomic mass is 10.1. The van der Waals surface area contributed by atoms with Gasteiger partial charge in [-0.25, -0.2) is 13.4 Å². The summed E-state index contributed by atoms with van der Waals surface area (Å²) in [6, 6.07) is 21.6. The molecule has 7 nitrogen and oxygen atoms in total. The fourth-order valence-corrected chi connectivity index (χ4v) is 3.99. The quantitative estimate of drug-likeness (QED) is 0.484. The van der Waals surface area contributed by atoms with Crippen LogP contribution in [0.15, 0.2) is 77.6 Å². The third-order valence-electron chi connectivity index (χ3n) is 4.79. The third-order valence-corrected chi connectivity index (χ3v) is 5.37. The number of sulfonamides is 1. The Morgan fingerprint density at radius 1 is 0.938 bits per heavy atom. The second-order valence-electron chi connectivity index (χ2n) is 7.10. The van der Waals surface area contributed by atoms with Gasteiger partial charge in [0.2, 0.25) is 10.0 Å². The van der Waals surface area contributed by atoms with Gasteiger partial charge in [0, 0.05) is 5.56 Å². The van der Waals surface area contributed by atoms with Crippen LogP contribution in [0.2, 0.25) is 0 Å². The minimum atomic E-state index is -3.54. The Balaban J connectivity index is 1.92. The molecule has 0 saturated carbocycles. The normalized spacial score (nSPS) is 11.7. The van der Waals surface area contributed by atoms with Crippen molar-refractivity contribution in [3.63, 3.8) is 0 Å². The maximum atomic E-state index is 13.3. The Morgan fingerprint density at radius 3 is 2.38 bits per heavy atom. The van der Waals surface area contributed by atoms with Crippen LogP contribution < -0.4 is 15.0 Å². The molecule has 0 bridgehead atoms. The number of methoxy groups -OCH3 is 1. The van der Waals surface area contributed by atoms with Crippen LogP contribution in [-0.2, 0) is 10.0 Å². The Hall–Kier alpha value is -3.91. The van der Waals surface area contributed by atoms with Crippen molar-refractivity contribution in [2.24, 2.45) is 0 Å². The minimum Gasteiger partial charge on any atom is -0.495 e. The molecule has 8 heteroatoms. The van der Waals surface area contributed by atoms with Crippen molar-refractivity contribution >= 4 is 38.8 Å². The van der Waals surface area contributed by atoms with E-state index in [4.69, 9.17) is 4.74 Å². The molecule has 0 aliphatic rings. The summed E-state index contributed by atoms with van der Waals surface area (Å²) < 4.78 is 33.1. The van der Waals surface area contributed by atoms with Crippen LogP contribution in [0.5, 0.6) is 5.75 Å². The number of benzene rings is 3. The second kappa shape index (κ2) is 8.68. The molecule has 1 heterocycles. The lowest BCUT2D eigenvalue weighted by molar-refractivity contribution is 0.417. The average molecular weight is 448 g/mol. The number of aromatic nitrogens is 2. The Bertz CT molecular complexity index is 1480. The van der Waals surface area contributed by atoms with Gasteiger partial charge in [0.15, 0.2) is 0 Å². The molecule has 4 aromatic rings. The van der Waals surface area contributed by atoms with Gasteiger partial charge in [0.25, 0.3) is 5.56 Å². The van der Waals surface area contributed by atoms with E-state index in [2.05, 4.69) is 9.71 Å². The van der Waals surface area contributed by atoms with Gasteiger partial charge in [-0.2, -0.15) is 0 Å². The van der Waals surface area contributed by atoms with Crippen LogP contribution in [0, 0.1) is 0 Å². The van der Waals surface area contributed by atoms with E-state index < -0.39 is 10.0 Å². The van der Waals surface area contributed by atoms with E-state index >= 15 is 0 Å². The summed E-state index contributed by atoms with van der Waals surface area (Å²) in [6.07, 6.45) is 4.46. The molecule has 4 rings (SSSR count). The van der Waals surface area contributed by atoms with Gasteiger partial charge in [-0.05, 0) is 42.5 Å². The summed E-state index contributed by atoms with van der Waals surface area (Å²) >= 11 is 0. The zero-order valence-corrected chi connectivity index (χ0v) is 18.3. The van der Waals surface area contributed by atoms with Crippen molar-refractivity contribution in [1.29, 1.82) is 0 Å². The SMILES string of the molecule is COc1cccc(/C=C/c2nc3ccccc3c(=O)n2-c2ccccc2)c1NS(C)(=O)=O. The van der Waals surface area contributed by atoms with E-state index in [0.717, 1.165) is 6.26 Å². The van der Waals surface area contributed by atoms with E-state index in [1.54, 1.807) is 48.6 Å². The standard InChI is InChI=1S/C24H21N3O4S/c1-31-21-14-8-9-17(23(21)26-32(2,29)30)15-16-22-25-20-13-7-6-12-19(20)24(28)27(22)18-10-4-3-5-11-18/h3-16,26H,1-2H3/b16-15+. The highest BCUT2D eigenvalue weighted by Gasteiger charge is 2.13. The average Bonchev–Trinajstić information content (AvgIpc) is 2.78. The number of anilines is 1. The number of rotatable bonds is 6. The Morgan fingerprint density at radius 2 is 1.66 bits per heavy atom. The van der Waals surface area contributed by atoms with Gasteiger partial charge in [-0.15, -0.1) is 0 Å². The molecular formula is C24H21N3O4S. The topological polar surface area (TPSA) is 90.3 Å². The molecule has 0 amide bonds. The van der Waals surface area contributed by atoms with Crippen molar-refractivity contribution in [3.8, 4) is 11.4 Å². The number of nitrogens with one attached hydrogen (secondary N) is 1. The molecule has 1 aromatic heterocycles. The molecule has 0 saturated heterocycles. The van der Waals surface area contributed by atoms with Gasteiger partial charge >= 0.3 is 0 Å². The maximum Gasteiger partial charge on any atom is 0.266 e. The lowest BCUT2D eigenvalue weighted by Crippen LogP contribution is -2.22. The fraction of sp³-hybridized carbons (Fsp3) is 0.0833. The summed E-state index contributed by atoms with van der Waals surface area (Å²) in [5.41, 5.74) is 1.93.